The number of carbonyl (C=O) groups excluding carboxylic acids is 1. The molecule has 0 radical (unpaired) electrons. The third-order valence-corrected chi connectivity index (χ3v) is 8.39. The van der Waals surface area contributed by atoms with E-state index < -0.39 is 0 Å². The molecule has 3 nitrogen and oxygen atoms in total. The highest BCUT2D eigenvalue weighted by atomic mass is 16.2. The third kappa shape index (κ3) is 2.85. The van der Waals surface area contributed by atoms with Crippen molar-refractivity contribution in [1.82, 2.24) is 10.2 Å². The number of hydrogen-bond donors (Lipinski definition) is 1. The molecule has 0 unspecified atom stereocenters. The predicted octanol–water partition coefficient (Wildman–Crippen LogP) is 3.97. The molecule has 1 amide bonds. The second-order valence-corrected chi connectivity index (χ2v) is 11.8. The summed E-state index contributed by atoms with van der Waals surface area (Å²) in [4.78, 5) is 15.3. The predicted molar refractivity (Wildman–Crippen MR) is 100 cm³/mol. The standard InChI is InChI=1S/C22H36N2O/c1-20(2)10-18-11-21(3,13-20)14-24(18)19(25)12-23-22-7-15-4-16(8-22)6-17(5-15)9-22/h15-18,23H,4-14H2,1-3H3/t15?,16?,17?,18-,21-,22?/m0/s1. The van der Waals surface area contributed by atoms with E-state index in [0.29, 0.717) is 34.9 Å². The van der Waals surface area contributed by atoms with Crippen molar-refractivity contribution < 1.29 is 4.79 Å². The van der Waals surface area contributed by atoms with Gasteiger partial charge in [-0.3, -0.25) is 4.79 Å². The highest BCUT2D eigenvalue weighted by molar-refractivity contribution is 5.79. The smallest absolute Gasteiger partial charge is 0.236 e. The summed E-state index contributed by atoms with van der Waals surface area (Å²) in [6.07, 6.45) is 12.1. The van der Waals surface area contributed by atoms with E-state index in [1.807, 2.05) is 0 Å². The zero-order valence-electron chi connectivity index (χ0n) is 16.4. The Morgan fingerprint density at radius 3 is 2.16 bits per heavy atom. The normalized spacial score (nSPS) is 49.6. The van der Waals surface area contributed by atoms with Crippen LogP contribution in [0.25, 0.3) is 0 Å². The van der Waals surface area contributed by atoms with E-state index in [2.05, 4.69) is 31.0 Å². The minimum Gasteiger partial charge on any atom is -0.338 e. The largest absolute Gasteiger partial charge is 0.338 e. The SMILES string of the molecule is CC1(C)C[C@H]2C[C@](C)(CN2C(=O)CNC23CC4CC(CC(C4)C2)C3)C1. The summed E-state index contributed by atoms with van der Waals surface area (Å²) in [6.45, 7) is 8.75. The summed E-state index contributed by atoms with van der Waals surface area (Å²) in [5.41, 5.74) is 1.05. The molecule has 5 aliphatic carbocycles. The van der Waals surface area contributed by atoms with Gasteiger partial charge in [-0.25, -0.2) is 0 Å². The van der Waals surface area contributed by atoms with E-state index in [-0.39, 0.29) is 0 Å². The molecule has 6 aliphatic rings. The van der Waals surface area contributed by atoms with Crippen molar-refractivity contribution in [1.29, 1.82) is 0 Å². The molecule has 6 rings (SSSR count). The van der Waals surface area contributed by atoms with Crippen LogP contribution in [0.15, 0.2) is 0 Å². The first-order chi connectivity index (χ1) is 11.7. The van der Waals surface area contributed by atoms with E-state index in [9.17, 15) is 4.79 Å². The fourth-order valence-electron chi connectivity index (χ4n) is 8.44. The Labute approximate surface area is 153 Å². The Bertz CT molecular complexity index is 547. The summed E-state index contributed by atoms with van der Waals surface area (Å²) < 4.78 is 0. The number of amides is 1. The van der Waals surface area contributed by atoms with Crippen molar-refractivity contribution in [2.24, 2.45) is 28.6 Å². The van der Waals surface area contributed by atoms with Crippen LogP contribution in [-0.4, -0.2) is 35.5 Å². The second kappa shape index (κ2) is 5.24. The van der Waals surface area contributed by atoms with Crippen LogP contribution in [0, 0.1) is 28.6 Å². The molecule has 1 heterocycles. The van der Waals surface area contributed by atoms with Gasteiger partial charge in [0, 0.05) is 18.1 Å². The minimum atomic E-state index is 0.308. The molecule has 1 aliphatic heterocycles. The number of rotatable bonds is 3. The van der Waals surface area contributed by atoms with Gasteiger partial charge in [-0.2, -0.15) is 0 Å². The van der Waals surface area contributed by atoms with Crippen molar-refractivity contribution in [2.75, 3.05) is 13.1 Å². The minimum absolute atomic E-state index is 0.308. The van der Waals surface area contributed by atoms with Crippen molar-refractivity contribution in [3.8, 4) is 0 Å². The van der Waals surface area contributed by atoms with Crippen LogP contribution in [0.4, 0.5) is 0 Å². The number of fused-ring (bicyclic) bond motifs is 2. The van der Waals surface area contributed by atoms with Crippen molar-refractivity contribution in [3.63, 3.8) is 0 Å². The van der Waals surface area contributed by atoms with Gasteiger partial charge in [-0.05, 0) is 86.4 Å². The monoisotopic (exact) mass is 344 g/mol. The van der Waals surface area contributed by atoms with E-state index in [4.69, 9.17) is 0 Å². The molecule has 6 bridgehead atoms. The molecule has 0 aromatic heterocycles. The van der Waals surface area contributed by atoms with Crippen LogP contribution < -0.4 is 5.32 Å². The van der Waals surface area contributed by atoms with Gasteiger partial charge in [-0.15, -0.1) is 0 Å². The lowest BCUT2D eigenvalue weighted by atomic mass is 9.53. The number of hydrogen-bond acceptors (Lipinski definition) is 2. The van der Waals surface area contributed by atoms with Gasteiger partial charge in [0.2, 0.25) is 5.91 Å². The average Bonchev–Trinajstić information content (AvgIpc) is 2.72. The highest BCUT2D eigenvalue weighted by Crippen LogP contribution is 2.56. The van der Waals surface area contributed by atoms with E-state index in [1.165, 1.54) is 57.8 Å². The van der Waals surface area contributed by atoms with Gasteiger partial charge in [0.15, 0.2) is 0 Å². The summed E-state index contributed by atoms with van der Waals surface area (Å²) in [5.74, 6) is 3.21. The molecular formula is C22H36N2O. The number of likely N-dealkylation sites (tertiary alicyclic amines) is 1. The lowest BCUT2D eigenvalue weighted by Gasteiger charge is -2.57. The number of nitrogens with one attached hydrogen (secondary N) is 1. The Kier molecular flexibility index (Phi) is 3.48. The molecule has 0 aromatic rings. The van der Waals surface area contributed by atoms with Crippen molar-refractivity contribution in [3.05, 3.63) is 0 Å². The molecule has 0 aromatic carbocycles. The van der Waals surface area contributed by atoms with Gasteiger partial charge in [-0.1, -0.05) is 20.8 Å². The molecule has 0 spiro atoms. The maximum Gasteiger partial charge on any atom is 0.236 e. The first-order valence-corrected chi connectivity index (χ1v) is 10.8. The van der Waals surface area contributed by atoms with Gasteiger partial charge < -0.3 is 10.2 Å². The van der Waals surface area contributed by atoms with Crippen molar-refractivity contribution >= 4 is 5.91 Å². The lowest BCUT2D eigenvalue weighted by Crippen LogP contribution is -2.60. The van der Waals surface area contributed by atoms with Gasteiger partial charge >= 0.3 is 0 Å². The summed E-state index contributed by atoms with van der Waals surface area (Å²) in [6, 6.07) is 0.486. The lowest BCUT2D eigenvalue weighted by molar-refractivity contribution is -0.132. The van der Waals surface area contributed by atoms with Gasteiger partial charge in [0.1, 0.15) is 0 Å². The Hall–Kier alpha value is -0.570. The van der Waals surface area contributed by atoms with E-state index in [0.717, 1.165) is 24.3 Å². The first kappa shape index (κ1) is 16.6. The molecule has 140 valence electrons. The average molecular weight is 345 g/mol. The fourth-order valence-corrected chi connectivity index (χ4v) is 8.44. The number of carbonyl (C=O) groups is 1. The molecular weight excluding hydrogens is 308 g/mol. The first-order valence-electron chi connectivity index (χ1n) is 10.8. The second-order valence-electron chi connectivity index (χ2n) is 11.8. The molecule has 1 saturated heterocycles. The molecule has 25 heavy (non-hydrogen) atoms. The van der Waals surface area contributed by atoms with Gasteiger partial charge in [0.25, 0.3) is 0 Å². The maximum absolute atomic E-state index is 13.1. The fraction of sp³-hybridized carbons (Fsp3) is 0.955. The zero-order valence-corrected chi connectivity index (χ0v) is 16.4. The summed E-state index contributed by atoms with van der Waals surface area (Å²) in [5, 5.41) is 3.83. The van der Waals surface area contributed by atoms with Crippen LogP contribution in [0.5, 0.6) is 0 Å². The van der Waals surface area contributed by atoms with Crippen LogP contribution in [0.2, 0.25) is 0 Å². The van der Waals surface area contributed by atoms with E-state index in [1.54, 1.807) is 0 Å². The van der Waals surface area contributed by atoms with Gasteiger partial charge in [0.05, 0.1) is 6.54 Å². The van der Waals surface area contributed by atoms with Crippen LogP contribution in [0.1, 0.15) is 78.6 Å². The van der Waals surface area contributed by atoms with Crippen LogP contribution in [-0.2, 0) is 4.79 Å². The summed E-state index contributed by atoms with van der Waals surface area (Å²) >= 11 is 0. The van der Waals surface area contributed by atoms with Crippen molar-refractivity contribution in [2.45, 2.75) is 90.1 Å². The molecule has 3 heteroatoms. The van der Waals surface area contributed by atoms with Crippen LogP contribution in [0.3, 0.4) is 0 Å². The Balaban J connectivity index is 1.25. The maximum atomic E-state index is 13.1. The molecule has 2 atom stereocenters. The van der Waals surface area contributed by atoms with E-state index >= 15 is 0 Å². The number of nitrogens with zero attached hydrogens (tertiary/aromatic N) is 1. The zero-order chi connectivity index (χ0) is 17.4. The topological polar surface area (TPSA) is 32.3 Å². The Morgan fingerprint density at radius 2 is 1.56 bits per heavy atom. The quantitative estimate of drug-likeness (QED) is 0.840. The molecule has 6 fully saturated rings. The molecule has 1 N–H and O–H groups in total. The van der Waals surface area contributed by atoms with Crippen LogP contribution >= 0.6 is 0 Å². The highest BCUT2D eigenvalue weighted by Gasteiger charge is 2.53. The molecule has 5 saturated carbocycles. The third-order valence-electron chi connectivity index (χ3n) is 8.39. The Morgan fingerprint density at radius 1 is 0.960 bits per heavy atom. The summed E-state index contributed by atoms with van der Waals surface area (Å²) in [7, 11) is 0.